The van der Waals surface area contributed by atoms with Crippen LogP contribution in [-0.2, 0) is 25.7 Å². The van der Waals surface area contributed by atoms with Gasteiger partial charge in [-0.3, -0.25) is 0 Å². The van der Waals surface area contributed by atoms with Crippen LogP contribution in [0.5, 0.6) is 0 Å². The van der Waals surface area contributed by atoms with Crippen molar-refractivity contribution < 1.29 is 0 Å². The molecule has 0 aliphatic heterocycles. The number of hydrogen-bond donors (Lipinski definition) is 1. The van der Waals surface area contributed by atoms with E-state index >= 15 is 0 Å². The zero-order valence-corrected chi connectivity index (χ0v) is 15.2. The van der Waals surface area contributed by atoms with E-state index in [-0.39, 0.29) is 0 Å². The van der Waals surface area contributed by atoms with Crippen LogP contribution in [-0.4, -0.2) is 11.5 Å². The summed E-state index contributed by atoms with van der Waals surface area (Å²) >= 11 is 0. The number of benzene rings is 2. The maximum absolute atomic E-state index is 4.30. The minimum Gasteiger partial charge on any atom is -0.370 e. The number of fused-ring (bicyclic) bond motifs is 2. The lowest BCUT2D eigenvalue weighted by atomic mass is 9.96. The summed E-state index contributed by atoms with van der Waals surface area (Å²) in [4.78, 5) is 4.30. The Morgan fingerprint density at radius 1 is 0.769 bits per heavy atom. The topological polar surface area (TPSA) is 24.9 Å². The molecule has 132 valence electrons. The minimum atomic E-state index is 0.969. The first kappa shape index (κ1) is 16.8. The van der Waals surface area contributed by atoms with Gasteiger partial charge in [-0.05, 0) is 78.5 Å². The molecule has 2 aromatic carbocycles. The lowest BCUT2D eigenvalue weighted by Crippen LogP contribution is -2.03. The van der Waals surface area contributed by atoms with Crippen LogP contribution in [0.4, 0.5) is 5.82 Å². The Morgan fingerprint density at radius 3 is 2.42 bits per heavy atom. The molecule has 0 amide bonds. The molecular weight excluding hydrogens is 316 g/mol. The molecule has 2 nitrogen and oxygen atoms in total. The molecule has 4 rings (SSSR count). The second kappa shape index (κ2) is 8.18. The molecule has 0 bridgehead atoms. The number of rotatable bonds is 6. The van der Waals surface area contributed by atoms with Crippen LogP contribution < -0.4 is 5.32 Å². The van der Waals surface area contributed by atoms with Crippen LogP contribution in [0.15, 0.2) is 66.9 Å². The van der Waals surface area contributed by atoms with E-state index in [4.69, 9.17) is 0 Å². The average molecular weight is 342 g/mol. The van der Waals surface area contributed by atoms with E-state index in [2.05, 4.69) is 52.8 Å². The molecule has 1 N–H and O–H groups in total. The highest BCUT2D eigenvalue weighted by molar-refractivity contribution is 5.42. The summed E-state index contributed by atoms with van der Waals surface area (Å²) in [6.07, 6.45) is 8.77. The van der Waals surface area contributed by atoms with E-state index in [0.29, 0.717) is 0 Å². The van der Waals surface area contributed by atoms with Crippen molar-refractivity contribution in [2.75, 3.05) is 11.9 Å². The molecule has 26 heavy (non-hydrogen) atoms. The van der Waals surface area contributed by atoms with Crippen LogP contribution in [0.3, 0.4) is 0 Å². The smallest absolute Gasteiger partial charge is 0.125 e. The maximum atomic E-state index is 4.30. The zero-order valence-electron chi connectivity index (χ0n) is 15.2. The van der Waals surface area contributed by atoms with Crippen LogP contribution in [0.2, 0.25) is 0 Å². The van der Waals surface area contributed by atoms with E-state index in [1.165, 1.54) is 47.1 Å². The van der Waals surface area contributed by atoms with Crippen LogP contribution in [0.1, 0.15) is 40.7 Å². The standard InChI is InChI=1S/C24H26N2/c1-2-9-22-18-23-17-19(11-12-21(23)14-13-20(22)8-1)7-3-5-15-25-24-10-4-6-16-26-24/h1-2,4,6,8-12,16-17H,3,5,7,13-15,18H2,(H,25,26). The van der Waals surface area contributed by atoms with Gasteiger partial charge in [-0.15, -0.1) is 0 Å². The predicted molar refractivity (Wildman–Crippen MR) is 109 cm³/mol. The molecule has 0 saturated carbocycles. The van der Waals surface area contributed by atoms with Crippen molar-refractivity contribution in [2.45, 2.75) is 38.5 Å². The zero-order chi connectivity index (χ0) is 17.6. The van der Waals surface area contributed by atoms with E-state index in [9.17, 15) is 0 Å². The average Bonchev–Trinajstić information content (AvgIpc) is 2.87. The molecule has 2 heteroatoms. The fourth-order valence-corrected chi connectivity index (χ4v) is 3.83. The molecule has 0 radical (unpaired) electrons. The number of pyridine rings is 1. The maximum Gasteiger partial charge on any atom is 0.125 e. The van der Waals surface area contributed by atoms with Gasteiger partial charge in [0.15, 0.2) is 0 Å². The van der Waals surface area contributed by atoms with Gasteiger partial charge < -0.3 is 5.32 Å². The van der Waals surface area contributed by atoms with Gasteiger partial charge in [0.2, 0.25) is 0 Å². The molecule has 3 aromatic rings. The summed E-state index contributed by atoms with van der Waals surface area (Å²) in [7, 11) is 0. The minimum absolute atomic E-state index is 0.969. The third-order valence-electron chi connectivity index (χ3n) is 5.30. The van der Waals surface area contributed by atoms with Crippen molar-refractivity contribution in [1.82, 2.24) is 4.98 Å². The largest absolute Gasteiger partial charge is 0.370 e. The molecule has 0 unspecified atom stereocenters. The summed E-state index contributed by atoms with van der Waals surface area (Å²) in [5.74, 6) is 0.969. The number of aryl methyl sites for hydroxylation is 3. The van der Waals surface area contributed by atoms with Crippen molar-refractivity contribution in [1.29, 1.82) is 0 Å². The van der Waals surface area contributed by atoms with Gasteiger partial charge in [0, 0.05) is 12.7 Å². The number of nitrogens with one attached hydrogen (secondary N) is 1. The summed E-state index contributed by atoms with van der Waals surface area (Å²) in [6.45, 7) is 0.981. The Bertz CT molecular complexity index is 855. The lowest BCUT2D eigenvalue weighted by Gasteiger charge is -2.10. The molecule has 1 aliphatic carbocycles. The number of nitrogens with zero attached hydrogens (tertiary/aromatic N) is 1. The normalized spacial score (nSPS) is 12.8. The molecule has 1 aromatic heterocycles. The van der Waals surface area contributed by atoms with Crippen molar-refractivity contribution in [3.8, 4) is 0 Å². The van der Waals surface area contributed by atoms with Crippen LogP contribution >= 0.6 is 0 Å². The lowest BCUT2D eigenvalue weighted by molar-refractivity contribution is 0.760. The quantitative estimate of drug-likeness (QED) is 0.622. The van der Waals surface area contributed by atoms with Gasteiger partial charge >= 0.3 is 0 Å². The Balaban J connectivity index is 1.32. The van der Waals surface area contributed by atoms with Gasteiger partial charge in [0.1, 0.15) is 5.82 Å². The highest BCUT2D eigenvalue weighted by atomic mass is 15.0. The van der Waals surface area contributed by atoms with Crippen molar-refractivity contribution in [2.24, 2.45) is 0 Å². The van der Waals surface area contributed by atoms with E-state index < -0.39 is 0 Å². The van der Waals surface area contributed by atoms with Crippen LogP contribution in [0, 0.1) is 0 Å². The van der Waals surface area contributed by atoms with Gasteiger partial charge in [-0.25, -0.2) is 4.98 Å². The molecule has 0 spiro atoms. The highest BCUT2D eigenvalue weighted by Gasteiger charge is 2.13. The summed E-state index contributed by atoms with van der Waals surface area (Å²) in [5, 5.41) is 3.39. The Labute approximate surface area is 156 Å². The predicted octanol–water partition coefficient (Wildman–Crippen LogP) is 5.21. The van der Waals surface area contributed by atoms with E-state index in [1.807, 2.05) is 24.4 Å². The highest BCUT2D eigenvalue weighted by Crippen LogP contribution is 2.25. The third-order valence-corrected chi connectivity index (χ3v) is 5.30. The SMILES string of the molecule is c1ccc(NCCCCc2ccc3c(c2)Cc2ccccc2CC3)nc1. The first-order valence-electron chi connectivity index (χ1n) is 9.71. The van der Waals surface area contributed by atoms with E-state index in [1.54, 1.807) is 0 Å². The fourth-order valence-electron chi connectivity index (χ4n) is 3.83. The summed E-state index contributed by atoms with van der Waals surface area (Å²) in [5.41, 5.74) is 7.55. The Hall–Kier alpha value is -2.61. The molecule has 1 aliphatic rings. The second-order valence-corrected chi connectivity index (χ2v) is 7.15. The first-order valence-corrected chi connectivity index (χ1v) is 9.71. The molecule has 0 saturated heterocycles. The van der Waals surface area contributed by atoms with Gasteiger partial charge in [0.05, 0.1) is 0 Å². The third kappa shape index (κ3) is 4.13. The summed E-state index contributed by atoms with van der Waals surface area (Å²) < 4.78 is 0. The number of aromatic nitrogens is 1. The molecular formula is C24H26N2. The second-order valence-electron chi connectivity index (χ2n) is 7.15. The van der Waals surface area contributed by atoms with Gasteiger partial charge in [0.25, 0.3) is 0 Å². The monoisotopic (exact) mass is 342 g/mol. The van der Waals surface area contributed by atoms with Crippen molar-refractivity contribution in [3.63, 3.8) is 0 Å². The van der Waals surface area contributed by atoms with Crippen molar-refractivity contribution >= 4 is 5.82 Å². The van der Waals surface area contributed by atoms with Gasteiger partial charge in [-0.1, -0.05) is 48.5 Å². The number of hydrogen-bond acceptors (Lipinski definition) is 2. The van der Waals surface area contributed by atoms with E-state index in [0.717, 1.165) is 31.6 Å². The Morgan fingerprint density at radius 2 is 1.58 bits per heavy atom. The van der Waals surface area contributed by atoms with Gasteiger partial charge in [-0.2, -0.15) is 0 Å². The fraction of sp³-hybridized carbons (Fsp3) is 0.292. The molecule has 0 fully saturated rings. The van der Waals surface area contributed by atoms with Crippen LogP contribution in [0.25, 0.3) is 0 Å². The molecule has 0 atom stereocenters. The Kier molecular flexibility index (Phi) is 5.30. The van der Waals surface area contributed by atoms with Crippen molar-refractivity contribution in [3.05, 3.63) is 94.7 Å². The number of anilines is 1. The molecule has 1 heterocycles. The number of unbranched alkanes of at least 4 members (excludes halogenated alkanes) is 1. The first-order chi connectivity index (χ1) is 12.9. The summed E-state index contributed by atoms with van der Waals surface area (Å²) in [6, 6.07) is 22.0.